The molecule has 35 heteroatoms. The first kappa shape index (κ1) is 78.0. The lowest BCUT2D eigenvalue weighted by molar-refractivity contribution is -0.822. The summed E-state index contributed by atoms with van der Waals surface area (Å²) in [7, 11) is 1.48. The second kappa shape index (κ2) is 36.9. The van der Waals surface area contributed by atoms with E-state index in [1.807, 2.05) is 29.7 Å². The zero-order valence-corrected chi connectivity index (χ0v) is 59.3. The van der Waals surface area contributed by atoms with Crippen LogP contribution in [0, 0.1) is 16.5 Å². The van der Waals surface area contributed by atoms with Crippen LogP contribution in [0.3, 0.4) is 0 Å². The highest BCUT2D eigenvalue weighted by molar-refractivity contribution is 7.98. The van der Waals surface area contributed by atoms with Crippen molar-refractivity contribution in [3.05, 3.63) is 160 Å². The Hall–Kier alpha value is -11.1. The molecule has 16 N–H and O–H groups in total. The predicted octanol–water partition coefficient (Wildman–Crippen LogP) is 2.65. The number of carboxylic acids is 1. The zero-order chi connectivity index (χ0) is 75.3. The number of halogens is 2. The number of carbonyl (C=O) groups is 10. The fourth-order valence-electron chi connectivity index (χ4n) is 12.3. The highest BCUT2D eigenvalue weighted by Gasteiger charge is 2.48. The number of nitrogens with zero attached hydrogens (tertiary/aromatic N) is 4. The molecule has 2 aliphatic rings. The number of aromatic nitrogens is 4. The second-order valence-electron chi connectivity index (χ2n) is 25.6. The van der Waals surface area contributed by atoms with Crippen LogP contribution in [0.15, 0.2) is 115 Å². The second-order valence-corrected chi connectivity index (χ2v) is 27.8. The number of aromatic amines is 3. The number of carbonyl (C=O) groups excluding carboxylic acids is 9. The molecular formula is C70H84F2N17O14S2+. The molecule has 9 amide bonds. The zero-order valence-electron chi connectivity index (χ0n) is 57.7. The van der Waals surface area contributed by atoms with Crippen molar-refractivity contribution < 1.29 is 76.8 Å². The Balaban J connectivity index is 1.06. The van der Waals surface area contributed by atoms with Gasteiger partial charge in [-0.25, -0.2) is 24.0 Å². The number of aliphatic carboxylic acids is 1. The van der Waals surface area contributed by atoms with Crippen molar-refractivity contribution in [1.29, 1.82) is 0 Å². The Labute approximate surface area is 609 Å². The van der Waals surface area contributed by atoms with E-state index in [0.717, 1.165) is 17.2 Å². The summed E-state index contributed by atoms with van der Waals surface area (Å²) in [5.74, 6) is -8.73. The number of hydrogen-bond donors (Lipinski definition) is 15. The molecule has 2 aliphatic heterocycles. The molecule has 3 aromatic heterocycles. The number of ether oxygens (including phenoxy) is 1. The first-order chi connectivity index (χ1) is 50.3. The number of hydrazine groups is 1. The maximum absolute atomic E-state index is 15.2. The first-order valence-corrected chi connectivity index (χ1v) is 36.1. The van der Waals surface area contributed by atoms with Crippen molar-refractivity contribution >= 4 is 110 Å². The Morgan fingerprint density at radius 1 is 0.714 bits per heavy atom. The van der Waals surface area contributed by atoms with Crippen LogP contribution in [-0.2, 0) is 85.1 Å². The summed E-state index contributed by atoms with van der Waals surface area (Å²) in [5.41, 5.74) is 9.98. The number of amides is 9. The molecule has 8 atom stereocenters. The van der Waals surface area contributed by atoms with Crippen molar-refractivity contribution in [2.45, 2.75) is 137 Å². The van der Waals surface area contributed by atoms with Gasteiger partial charge in [0, 0.05) is 121 Å². The van der Waals surface area contributed by atoms with Crippen LogP contribution < -0.4 is 58.4 Å². The number of guanidine groups is 1. The minimum absolute atomic E-state index is 0.0481. The summed E-state index contributed by atoms with van der Waals surface area (Å²) >= 11 is 3.03. The maximum Gasteiger partial charge on any atom is 0.362 e. The smallest absolute Gasteiger partial charge is 0.362 e. The lowest BCUT2D eigenvalue weighted by Gasteiger charge is -2.36. The molecule has 105 heavy (non-hydrogen) atoms. The predicted molar refractivity (Wildman–Crippen MR) is 384 cm³/mol. The molecule has 2 bridgehead atoms. The van der Waals surface area contributed by atoms with E-state index in [1.165, 1.54) is 85.8 Å². The van der Waals surface area contributed by atoms with Crippen molar-refractivity contribution in [2.24, 2.45) is 10.7 Å². The molecule has 558 valence electrons. The standard InChI is InChI=1S/C70H83F2N17O14S2/c1-39-61(93)82-53(29-43-35-78-50-16-12-45(71)31-48(43)50)63(95)83-54(30-44-36-79-51-17-13-46(72)32-49(44)51)64(96)85-56(34-60(91)92)66(98)84-55(33-58-74-21-22-75-58)65(97)86-57(28-40-10-14-47(103-3)15-11-40)67(99)88-24-6-19-70(88,2)68(100)76-23-26-105-38-42-8-4-7-41(27-42)37-104-25-18-59(90)81-52(62(94)80-39)9-5-20-77-69(73)87-89(101)102/h4,7-8,10-17,21-22,27,31-32,35-36,39,52-57,78-79H,5-6,9,18-20,23-26,28-30,33-34,37-38H2,1-3H3,(H13-,73,74,75,76,77,80,81,82,83,84,85,86,87,90,91,92,93,94,95,96,97,98,100,101,102)/p+1/t39-,52+,53+,54+,55+,56+,57+,70+/m1/s1. The minimum Gasteiger partial charge on any atom is -0.497 e. The molecule has 0 unspecified atom stereocenters. The van der Waals surface area contributed by atoms with Crippen molar-refractivity contribution in [3.63, 3.8) is 0 Å². The number of carboxylic acid groups (broad SMARTS) is 1. The average molecular weight is 1490 g/mol. The number of rotatable bonds is 16. The fourth-order valence-corrected chi connectivity index (χ4v) is 14.0. The van der Waals surface area contributed by atoms with Gasteiger partial charge in [0.05, 0.1) is 13.5 Å². The van der Waals surface area contributed by atoms with Crippen LogP contribution in [0.2, 0.25) is 0 Å². The van der Waals surface area contributed by atoms with E-state index >= 15 is 23.6 Å². The molecular weight excluding hydrogens is 1410 g/mol. The molecule has 5 heterocycles. The summed E-state index contributed by atoms with van der Waals surface area (Å²) in [6, 6.07) is 10.7. The monoisotopic (exact) mass is 1490 g/mol. The van der Waals surface area contributed by atoms with Crippen LogP contribution in [-0.4, -0.2) is 191 Å². The molecule has 31 nitrogen and oxygen atoms in total. The number of H-pyrrole nitrogens is 3. The van der Waals surface area contributed by atoms with E-state index in [9.17, 15) is 43.2 Å². The van der Waals surface area contributed by atoms with Crippen LogP contribution in [0.4, 0.5) is 8.78 Å². The van der Waals surface area contributed by atoms with Crippen molar-refractivity contribution in [2.75, 3.05) is 38.2 Å². The normalized spacial score (nSPS) is 22.4. The van der Waals surface area contributed by atoms with Gasteiger partial charge in [0.15, 0.2) is 0 Å². The Morgan fingerprint density at radius 3 is 1.88 bits per heavy atom. The molecule has 9 rings (SSSR count). The molecule has 0 saturated carbocycles. The summed E-state index contributed by atoms with van der Waals surface area (Å²) in [6.07, 6.45) is 3.80. The number of thioether (sulfide) groups is 2. The molecule has 7 aromatic rings. The highest BCUT2D eigenvalue weighted by atomic mass is 32.2. The SMILES string of the molecule is COc1ccc(C[C@@H]2NC(=O)[C@H](Cc3ncc[nH]3)NC(=O)[C@H](CC(=O)O)NC(=O)[C@H](Cc3c[nH]c4ccc(F)cc34)NC(=O)[C@H](Cc3c[nH]c4ccc(F)cc34)NC(=O)[C@@H](C)NC(=O)[C@H](CCCN=C(N)N[N+](=O)O)NC(=O)CCSCc3cccc(c3)CSCCNC(=O)[C@]3(C)CCCN3C2=O)cc1. The summed E-state index contributed by atoms with van der Waals surface area (Å²) in [5, 5.41) is 40.7. The van der Waals surface area contributed by atoms with Gasteiger partial charge in [0.2, 0.25) is 53.2 Å². The van der Waals surface area contributed by atoms with Crippen LogP contribution in [0.1, 0.15) is 86.0 Å². The van der Waals surface area contributed by atoms with E-state index < -0.39 is 149 Å². The fraction of sp³-hybridized carbons (Fsp3) is 0.400. The van der Waals surface area contributed by atoms with Gasteiger partial charge in [-0.3, -0.25) is 47.9 Å². The van der Waals surface area contributed by atoms with Crippen LogP contribution in [0.25, 0.3) is 21.8 Å². The van der Waals surface area contributed by atoms with Gasteiger partial charge in [0.25, 0.3) is 5.96 Å². The quantitative estimate of drug-likeness (QED) is 0.0286. The number of imidazole rings is 1. The topological polar surface area (TPSA) is 451 Å². The minimum atomic E-state index is -2.04. The van der Waals surface area contributed by atoms with Crippen molar-refractivity contribution in [1.82, 2.24) is 72.8 Å². The largest absolute Gasteiger partial charge is 0.497 e. The molecule has 1 fully saturated rings. The average Bonchev–Trinajstić information content (AvgIpc) is 1.69. The van der Waals surface area contributed by atoms with E-state index in [-0.39, 0.29) is 85.9 Å². The van der Waals surface area contributed by atoms with E-state index in [4.69, 9.17) is 15.7 Å². The Kier molecular flexibility index (Phi) is 27.4. The number of benzene rings is 4. The summed E-state index contributed by atoms with van der Waals surface area (Å²) in [6.45, 7) is 3.21. The van der Waals surface area contributed by atoms with Crippen molar-refractivity contribution in [3.8, 4) is 5.75 Å². The molecule has 0 radical (unpaired) electrons. The van der Waals surface area contributed by atoms with Gasteiger partial charge in [-0.2, -0.15) is 23.5 Å². The number of fused-ring (bicyclic) bond motifs is 5. The molecule has 4 aromatic carbocycles. The number of nitrogens with one attached hydrogen (secondary N) is 12. The third-order valence-electron chi connectivity index (χ3n) is 17.9. The van der Waals surface area contributed by atoms with Gasteiger partial charge in [-0.15, -0.1) is 0 Å². The third kappa shape index (κ3) is 22.0. The first-order valence-electron chi connectivity index (χ1n) is 33.8. The summed E-state index contributed by atoms with van der Waals surface area (Å²) in [4.78, 5) is 175. The molecule has 1 saturated heterocycles. The van der Waals surface area contributed by atoms with Gasteiger partial charge < -0.3 is 78.0 Å². The van der Waals surface area contributed by atoms with E-state index in [0.29, 0.717) is 51.8 Å². The van der Waals surface area contributed by atoms with Gasteiger partial charge in [0.1, 0.15) is 75.9 Å². The lowest BCUT2D eigenvalue weighted by atomic mass is 9.95. The highest BCUT2D eigenvalue weighted by Crippen LogP contribution is 2.31. The third-order valence-corrected chi connectivity index (χ3v) is 19.9. The number of aliphatic imine (C=N–C) groups is 1. The summed E-state index contributed by atoms with van der Waals surface area (Å²) < 4.78 is 35.4. The lowest BCUT2D eigenvalue weighted by Crippen LogP contribution is -2.62. The van der Waals surface area contributed by atoms with E-state index in [2.05, 4.69) is 67.5 Å². The Bertz CT molecular complexity index is 4330. The van der Waals surface area contributed by atoms with Gasteiger partial charge in [-0.05, 0) is 121 Å². The van der Waals surface area contributed by atoms with E-state index in [1.54, 1.807) is 43.0 Å². The molecule has 0 spiro atoms. The Morgan fingerprint density at radius 2 is 1.29 bits per heavy atom. The van der Waals surface area contributed by atoms with Crippen LogP contribution in [0.5, 0.6) is 5.75 Å². The number of hydrogen-bond acceptors (Lipinski definition) is 16. The molecule has 0 aliphatic carbocycles. The number of nitrogens with two attached hydrogens (primary N) is 1. The van der Waals surface area contributed by atoms with Crippen LogP contribution >= 0.6 is 23.5 Å². The van der Waals surface area contributed by atoms with Gasteiger partial charge in [-0.1, -0.05) is 36.4 Å². The van der Waals surface area contributed by atoms with Gasteiger partial charge >= 0.3 is 11.0 Å². The number of methoxy groups -OCH3 is 1. The maximum atomic E-state index is 15.2.